The van der Waals surface area contributed by atoms with Crippen LogP contribution < -0.4 is 5.32 Å². The molecule has 1 amide bonds. The van der Waals surface area contributed by atoms with Crippen molar-refractivity contribution in [2.45, 2.75) is 75.5 Å². The largest absolute Gasteiger partial charge is 0.380 e. The van der Waals surface area contributed by atoms with E-state index in [1.807, 2.05) is 6.07 Å². The van der Waals surface area contributed by atoms with E-state index in [1.54, 1.807) is 0 Å². The molecule has 0 unspecified atom stereocenters. The molecule has 1 aromatic carbocycles. The van der Waals surface area contributed by atoms with E-state index in [0.29, 0.717) is 12.8 Å². The van der Waals surface area contributed by atoms with Gasteiger partial charge in [-0.3, -0.25) is 4.79 Å². The van der Waals surface area contributed by atoms with Gasteiger partial charge in [0.2, 0.25) is 0 Å². The van der Waals surface area contributed by atoms with Crippen molar-refractivity contribution in [3.63, 3.8) is 0 Å². The number of amides is 1. The summed E-state index contributed by atoms with van der Waals surface area (Å²) < 4.78 is 5.94. The molecule has 2 aliphatic carbocycles. The lowest BCUT2D eigenvalue weighted by atomic mass is 9.82. The molecular weight excluding hydrogens is 302 g/mol. The molecule has 0 radical (unpaired) electrons. The first-order valence-corrected chi connectivity index (χ1v) is 9.36. The number of carbonyl (C=O) groups excluding carboxylic acids is 1. The van der Waals surface area contributed by atoms with E-state index in [1.165, 1.54) is 5.56 Å². The third-order valence-electron chi connectivity index (χ3n) is 5.42. The maximum absolute atomic E-state index is 12.4. The van der Waals surface area contributed by atoms with Crippen LogP contribution in [-0.2, 0) is 16.0 Å². The van der Waals surface area contributed by atoms with Crippen LogP contribution in [0.15, 0.2) is 30.3 Å². The molecule has 24 heavy (non-hydrogen) atoms. The summed E-state index contributed by atoms with van der Waals surface area (Å²) in [4.78, 5) is 12.4. The fourth-order valence-electron chi connectivity index (χ4n) is 3.66. The summed E-state index contributed by atoms with van der Waals surface area (Å²) in [5, 5.41) is 13.5. The van der Waals surface area contributed by atoms with E-state index in [4.69, 9.17) is 4.74 Å². The molecule has 0 saturated heterocycles. The number of carbonyl (C=O) groups is 1. The molecule has 0 aliphatic heterocycles. The van der Waals surface area contributed by atoms with Crippen LogP contribution in [0.3, 0.4) is 0 Å². The van der Waals surface area contributed by atoms with Gasteiger partial charge in [-0.1, -0.05) is 49.6 Å². The highest BCUT2D eigenvalue weighted by Crippen LogP contribution is 2.30. The second-order valence-corrected chi connectivity index (χ2v) is 7.25. The molecule has 1 aromatic rings. The summed E-state index contributed by atoms with van der Waals surface area (Å²) in [5.74, 6) is -0.190. The Labute approximate surface area is 144 Å². The lowest BCUT2D eigenvalue weighted by molar-refractivity contribution is -0.147. The van der Waals surface area contributed by atoms with E-state index in [-0.39, 0.29) is 18.1 Å². The van der Waals surface area contributed by atoms with Crippen LogP contribution in [0, 0.1) is 0 Å². The zero-order chi connectivity index (χ0) is 16.8. The van der Waals surface area contributed by atoms with Crippen LogP contribution >= 0.6 is 0 Å². The van der Waals surface area contributed by atoms with E-state index >= 15 is 0 Å². The summed E-state index contributed by atoms with van der Waals surface area (Å²) in [6.07, 6.45) is 8.24. The number of hydrogen-bond donors (Lipinski definition) is 2. The smallest absolute Gasteiger partial charge is 0.252 e. The van der Waals surface area contributed by atoms with Crippen molar-refractivity contribution >= 4 is 5.91 Å². The number of aliphatic hydroxyl groups is 1. The minimum Gasteiger partial charge on any atom is -0.380 e. The van der Waals surface area contributed by atoms with E-state index < -0.39 is 5.60 Å². The standard InChI is InChI=1S/C20H29NO3/c22-19(20(23)13-5-2-6-14-20)21-17-11-12-18(17)24-15-7-10-16-8-3-1-4-9-16/h1,3-4,8-9,17-18,23H,2,5-7,10-15H2,(H,21,22)/t17-,18-/m1/s1. The first kappa shape index (κ1) is 17.4. The second-order valence-electron chi connectivity index (χ2n) is 7.25. The first-order valence-electron chi connectivity index (χ1n) is 9.36. The zero-order valence-corrected chi connectivity index (χ0v) is 14.4. The molecule has 3 rings (SSSR count). The van der Waals surface area contributed by atoms with Gasteiger partial charge in [0.05, 0.1) is 12.1 Å². The number of nitrogens with one attached hydrogen (secondary N) is 1. The van der Waals surface area contributed by atoms with Crippen LogP contribution in [0.4, 0.5) is 0 Å². The van der Waals surface area contributed by atoms with Gasteiger partial charge in [-0.25, -0.2) is 0 Å². The Morgan fingerprint density at radius 1 is 1.17 bits per heavy atom. The molecule has 2 saturated carbocycles. The van der Waals surface area contributed by atoms with Crippen molar-refractivity contribution in [1.29, 1.82) is 0 Å². The topological polar surface area (TPSA) is 58.6 Å². The normalized spacial score (nSPS) is 25.7. The molecule has 2 atom stereocenters. The quantitative estimate of drug-likeness (QED) is 0.755. The molecule has 0 spiro atoms. The SMILES string of the molecule is O=C(N[C@@H]1CC[C@H]1OCCCc1ccccc1)C1(O)CCCCC1. The molecule has 0 heterocycles. The van der Waals surface area contributed by atoms with Gasteiger partial charge in [0.15, 0.2) is 0 Å². The average molecular weight is 331 g/mol. The summed E-state index contributed by atoms with van der Waals surface area (Å²) in [6, 6.07) is 10.5. The predicted molar refractivity (Wildman–Crippen MR) is 93.7 cm³/mol. The van der Waals surface area contributed by atoms with Crippen LogP contribution in [0.25, 0.3) is 0 Å². The van der Waals surface area contributed by atoms with Gasteiger partial charge >= 0.3 is 0 Å². The number of hydrogen-bond acceptors (Lipinski definition) is 3. The van der Waals surface area contributed by atoms with Gasteiger partial charge in [0.1, 0.15) is 5.60 Å². The van der Waals surface area contributed by atoms with E-state index in [9.17, 15) is 9.90 Å². The van der Waals surface area contributed by atoms with Crippen LogP contribution in [0.5, 0.6) is 0 Å². The Hall–Kier alpha value is -1.39. The Balaban J connectivity index is 1.36. The minimum absolute atomic E-state index is 0.0696. The lowest BCUT2D eigenvalue weighted by Crippen LogP contribution is -2.58. The molecule has 4 nitrogen and oxygen atoms in total. The summed E-state index contributed by atoms with van der Waals surface area (Å²) in [7, 11) is 0. The summed E-state index contributed by atoms with van der Waals surface area (Å²) >= 11 is 0. The molecular formula is C20H29NO3. The zero-order valence-electron chi connectivity index (χ0n) is 14.4. The van der Waals surface area contributed by atoms with E-state index in [2.05, 4.69) is 29.6 Å². The molecule has 4 heteroatoms. The maximum atomic E-state index is 12.4. The van der Waals surface area contributed by atoms with Crippen LogP contribution in [0.1, 0.15) is 56.9 Å². The predicted octanol–water partition coefficient (Wildman–Crippen LogP) is 2.98. The highest BCUT2D eigenvalue weighted by Gasteiger charge is 2.41. The van der Waals surface area contributed by atoms with Gasteiger partial charge in [0, 0.05) is 6.61 Å². The van der Waals surface area contributed by atoms with Gasteiger partial charge in [-0.2, -0.15) is 0 Å². The van der Waals surface area contributed by atoms with E-state index in [0.717, 1.165) is 51.6 Å². The maximum Gasteiger partial charge on any atom is 0.252 e. The van der Waals surface area contributed by atoms with Crippen molar-refractivity contribution in [2.75, 3.05) is 6.61 Å². The highest BCUT2D eigenvalue weighted by atomic mass is 16.5. The molecule has 2 fully saturated rings. The number of ether oxygens (including phenoxy) is 1. The van der Waals surface area contributed by atoms with Crippen molar-refractivity contribution in [3.05, 3.63) is 35.9 Å². The van der Waals surface area contributed by atoms with Gasteiger partial charge in [-0.05, 0) is 44.1 Å². The van der Waals surface area contributed by atoms with Gasteiger partial charge < -0.3 is 15.2 Å². The summed E-state index contributed by atoms with van der Waals surface area (Å²) in [5.41, 5.74) is 0.185. The third kappa shape index (κ3) is 4.37. The van der Waals surface area contributed by atoms with Gasteiger partial charge in [0.25, 0.3) is 5.91 Å². The fraction of sp³-hybridized carbons (Fsp3) is 0.650. The second kappa shape index (κ2) is 8.13. The molecule has 2 aliphatic rings. The molecule has 132 valence electrons. The Kier molecular flexibility index (Phi) is 5.90. The molecule has 2 N–H and O–H groups in total. The fourth-order valence-corrected chi connectivity index (χ4v) is 3.66. The average Bonchev–Trinajstić information content (AvgIpc) is 2.59. The molecule has 0 bridgehead atoms. The number of rotatable bonds is 7. The first-order chi connectivity index (χ1) is 11.7. The van der Waals surface area contributed by atoms with Crippen LogP contribution in [0.2, 0.25) is 0 Å². The Morgan fingerprint density at radius 2 is 1.92 bits per heavy atom. The lowest BCUT2D eigenvalue weighted by Gasteiger charge is -2.40. The minimum atomic E-state index is -1.15. The number of aryl methyl sites for hydroxylation is 1. The van der Waals surface area contributed by atoms with Crippen LogP contribution in [-0.4, -0.2) is 35.4 Å². The monoisotopic (exact) mass is 331 g/mol. The Bertz CT molecular complexity index is 525. The van der Waals surface area contributed by atoms with Crippen molar-refractivity contribution in [1.82, 2.24) is 5.32 Å². The van der Waals surface area contributed by atoms with Crippen molar-refractivity contribution in [3.8, 4) is 0 Å². The summed E-state index contributed by atoms with van der Waals surface area (Å²) in [6.45, 7) is 0.718. The van der Waals surface area contributed by atoms with Gasteiger partial charge in [-0.15, -0.1) is 0 Å². The van der Waals surface area contributed by atoms with Crippen molar-refractivity contribution in [2.24, 2.45) is 0 Å². The van der Waals surface area contributed by atoms with Crippen molar-refractivity contribution < 1.29 is 14.6 Å². The number of benzene rings is 1. The third-order valence-corrected chi connectivity index (χ3v) is 5.42. The highest BCUT2D eigenvalue weighted by molar-refractivity contribution is 5.85. The molecule has 0 aromatic heterocycles. The Morgan fingerprint density at radius 3 is 2.58 bits per heavy atom.